The molecule has 164 valence electrons. The van der Waals surface area contributed by atoms with Crippen LogP contribution >= 0.6 is 0 Å². The summed E-state index contributed by atoms with van der Waals surface area (Å²) in [7, 11) is 0. The minimum Gasteiger partial charge on any atom is -0.490 e. The molecule has 0 aromatic heterocycles. The number of nitrogens with zero attached hydrogens (tertiary/aromatic N) is 1. The van der Waals surface area contributed by atoms with Gasteiger partial charge in [-0.05, 0) is 36.4 Å². The van der Waals surface area contributed by atoms with Crippen LogP contribution in [0.4, 0.5) is 18.9 Å². The number of para-hydroxylation sites is 1. The van der Waals surface area contributed by atoms with Crippen molar-refractivity contribution in [3.8, 4) is 5.75 Å². The molecule has 0 saturated carbocycles. The predicted octanol–water partition coefficient (Wildman–Crippen LogP) is 4.97. The molecule has 3 aromatic rings. The molecule has 3 aromatic carbocycles. The summed E-state index contributed by atoms with van der Waals surface area (Å²) in [5.41, 5.74) is -1.60. The van der Waals surface area contributed by atoms with Gasteiger partial charge in [0.15, 0.2) is 0 Å². The van der Waals surface area contributed by atoms with Crippen molar-refractivity contribution in [2.45, 2.75) is 12.3 Å². The van der Waals surface area contributed by atoms with Crippen LogP contribution in [0.1, 0.15) is 26.3 Å². The molecule has 1 unspecified atom stereocenters. The van der Waals surface area contributed by atoms with E-state index in [9.17, 15) is 22.8 Å². The number of epoxide rings is 1. The average Bonchev–Trinajstić information content (AvgIpc) is 3.62. The Balaban J connectivity index is 1.80. The molecule has 1 saturated heterocycles. The Morgan fingerprint density at radius 2 is 1.53 bits per heavy atom. The molecule has 32 heavy (non-hydrogen) atoms. The van der Waals surface area contributed by atoms with Crippen molar-refractivity contribution in [3.63, 3.8) is 0 Å². The molecule has 4 rings (SSSR count). The van der Waals surface area contributed by atoms with Crippen molar-refractivity contribution in [1.29, 1.82) is 0 Å². The quantitative estimate of drug-likeness (QED) is 0.400. The van der Waals surface area contributed by atoms with Crippen LogP contribution in [0.5, 0.6) is 5.75 Å². The van der Waals surface area contributed by atoms with Gasteiger partial charge in [0.25, 0.3) is 11.8 Å². The number of carbonyl (C=O) groups excluding carboxylic acids is 2. The third-order valence-corrected chi connectivity index (χ3v) is 4.81. The number of anilines is 1. The van der Waals surface area contributed by atoms with E-state index in [1.165, 1.54) is 30.3 Å². The molecule has 0 spiro atoms. The number of carbonyl (C=O) groups is 2. The van der Waals surface area contributed by atoms with E-state index < -0.39 is 34.9 Å². The van der Waals surface area contributed by atoms with Crippen LogP contribution in [0.3, 0.4) is 0 Å². The van der Waals surface area contributed by atoms with Crippen LogP contribution in [0.25, 0.3) is 0 Å². The number of benzene rings is 3. The van der Waals surface area contributed by atoms with E-state index in [-0.39, 0.29) is 24.0 Å². The summed E-state index contributed by atoms with van der Waals surface area (Å²) < 4.78 is 52.4. The lowest BCUT2D eigenvalue weighted by Gasteiger charge is -2.24. The fourth-order valence-electron chi connectivity index (χ4n) is 3.20. The van der Waals surface area contributed by atoms with E-state index in [1.807, 2.05) is 0 Å². The second-order valence-electron chi connectivity index (χ2n) is 7.09. The maximum absolute atomic E-state index is 14.0. The maximum Gasteiger partial charge on any atom is 0.420 e. The number of amides is 2. The van der Waals surface area contributed by atoms with Gasteiger partial charge in [-0.15, -0.1) is 0 Å². The van der Waals surface area contributed by atoms with Gasteiger partial charge < -0.3 is 9.47 Å². The molecule has 0 aliphatic carbocycles. The van der Waals surface area contributed by atoms with E-state index in [1.54, 1.807) is 36.4 Å². The number of ether oxygens (including phenoxy) is 2. The van der Waals surface area contributed by atoms with Gasteiger partial charge in [0.2, 0.25) is 0 Å². The Morgan fingerprint density at radius 3 is 2.12 bits per heavy atom. The van der Waals surface area contributed by atoms with Crippen LogP contribution in [0, 0.1) is 0 Å². The largest absolute Gasteiger partial charge is 0.490 e. The second-order valence-corrected chi connectivity index (χ2v) is 7.09. The molecular weight excluding hydrogens is 423 g/mol. The number of hydrogen-bond donors (Lipinski definition) is 0. The summed E-state index contributed by atoms with van der Waals surface area (Å²) in [6.45, 7) is 0.347. The van der Waals surface area contributed by atoms with Gasteiger partial charge in [-0.1, -0.05) is 42.5 Å². The molecular formula is C24H18F3NO4. The van der Waals surface area contributed by atoms with E-state index in [0.29, 0.717) is 6.61 Å². The third kappa shape index (κ3) is 4.65. The smallest absolute Gasteiger partial charge is 0.420 e. The lowest BCUT2D eigenvalue weighted by molar-refractivity contribution is -0.139. The summed E-state index contributed by atoms with van der Waals surface area (Å²) in [5, 5.41) is 0. The number of alkyl halides is 3. The maximum atomic E-state index is 14.0. The Kier molecular flexibility index (Phi) is 5.96. The topological polar surface area (TPSA) is 59.1 Å². The van der Waals surface area contributed by atoms with Gasteiger partial charge in [0.1, 0.15) is 24.0 Å². The monoisotopic (exact) mass is 441 g/mol. The lowest BCUT2D eigenvalue weighted by atomic mass is 10.0. The predicted molar refractivity (Wildman–Crippen MR) is 111 cm³/mol. The standard InChI is InChI=1S/C24H18F3NO4/c25-24(26,27)21-19(12-7-13-20(21)32-15-18-14-31-18)23(30)28(17-10-5-2-6-11-17)22(29)16-8-3-1-4-9-16/h1-13,18H,14-15H2. The normalized spacial score (nSPS) is 15.2. The van der Waals surface area contributed by atoms with Crippen LogP contribution < -0.4 is 9.64 Å². The SMILES string of the molecule is O=C(c1ccccc1)N(C(=O)c1cccc(OCC2CO2)c1C(F)(F)F)c1ccccc1. The summed E-state index contributed by atoms with van der Waals surface area (Å²) in [6.07, 6.45) is -5.15. The lowest BCUT2D eigenvalue weighted by Crippen LogP contribution is -2.38. The van der Waals surface area contributed by atoms with E-state index in [4.69, 9.17) is 9.47 Å². The molecule has 1 aliphatic heterocycles. The Bertz CT molecular complexity index is 1110. The Morgan fingerprint density at radius 1 is 0.906 bits per heavy atom. The highest BCUT2D eigenvalue weighted by Gasteiger charge is 2.41. The van der Waals surface area contributed by atoms with Crippen LogP contribution in [0.15, 0.2) is 78.9 Å². The van der Waals surface area contributed by atoms with Crippen molar-refractivity contribution >= 4 is 17.5 Å². The molecule has 5 nitrogen and oxygen atoms in total. The molecule has 1 fully saturated rings. The zero-order valence-corrected chi connectivity index (χ0v) is 16.7. The van der Waals surface area contributed by atoms with Gasteiger partial charge in [-0.25, -0.2) is 4.90 Å². The van der Waals surface area contributed by atoms with Gasteiger partial charge in [-0.3, -0.25) is 9.59 Å². The molecule has 1 atom stereocenters. The van der Waals surface area contributed by atoms with Crippen molar-refractivity contribution < 1.29 is 32.2 Å². The van der Waals surface area contributed by atoms with Gasteiger partial charge in [0, 0.05) is 5.56 Å². The van der Waals surface area contributed by atoms with Crippen LogP contribution in [0.2, 0.25) is 0 Å². The summed E-state index contributed by atoms with van der Waals surface area (Å²) >= 11 is 0. The fourth-order valence-corrected chi connectivity index (χ4v) is 3.20. The molecule has 1 aliphatic rings. The molecule has 0 bridgehead atoms. The van der Waals surface area contributed by atoms with Crippen LogP contribution in [-0.2, 0) is 10.9 Å². The number of rotatable bonds is 6. The number of hydrogen-bond acceptors (Lipinski definition) is 4. The van der Waals surface area contributed by atoms with Gasteiger partial charge in [0.05, 0.1) is 17.9 Å². The highest BCUT2D eigenvalue weighted by atomic mass is 19.4. The third-order valence-electron chi connectivity index (χ3n) is 4.81. The molecule has 8 heteroatoms. The van der Waals surface area contributed by atoms with E-state index >= 15 is 0 Å². The first-order valence-electron chi connectivity index (χ1n) is 9.80. The summed E-state index contributed by atoms with van der Waals surface area (Å²) in [5.74, 6) is -2.34. The van der Waals surface area contributed by atoms with Crippen molar-refractivity contribution in [3.05, 3.63) is 95.6 Å². The van der Waals surface area contributed by atoms with E-state index in [2.05, 4.69) is 0 Å². The first kappa shape index (κ1) is 21.6. The highest BCUT2D eigenvalue weighted by molar-refractivity contribution is 6.26. The zero-order chi connectivity index (χ0) is 22.7. The van der Waals surface area contributed by atoms with Crippen LogP contribution in [-0.4, -0.2) is 31.1 Å². The second kappa shape index (κ2) is 8.84. The average molecular weight is 441 g/mol. The van der Waals surface area contributed by atoms with Crippen molar-refractivity contribution in [1.82, 2.24) is 0 Å². The zero-order valence-electron chi connectivity index (χ0n) is 16.7. The molecule has 0 radical (unpaired) electrons. The minimum absolute atomic E-state index is 0.0634. The molecule has 0 N–H and O–H groups in total. The highest BCUT2D eigenvalue weighted by Crippen LogP contribution is 2.40. The van der Waals surface area contributed by atoms with Gasteiger partial charge in [-0.2, -0.15) is 13.2 Å². The van der Waals surface area contributed by atoms with Crippen molar-refractivity contribution in [2.24, 2.45) is 0 Å². The van der Waals surface area contributed by atoms with Crippen molar-refractivity contribution in [2.75, 3.05) is 18.1 Å². The number of imide groups is 1. The summed E-state index contributed by atoms with van der Waals surface area (Å²) in [6, 6.07) is 19.2. The van der Waals surface area contributed by atoms with Gasteiger partial charge >= 0.3 is 6.18 Å². The Hall–Kier alpha value is -3.65. The van der Waals surface area contributed by atoms with E-state index in [0.717, 1.165) is 17.0 Å². The Labute approximate surface area is 182 Å². The first-order valence-corrected chi connectivity index (χ1v) is 9.80. The molecule has 1 heterocycles. The minimum atomic E-state index is -4.88. The first-order chi connectivity index (χ1) is 15.4. The number of halogens is 3. The molecule has 2 amide bonds. The fraction of sp³-hybridized carbons (Fsp3) is 0.167. The summed E-state index contributed by atoms with van der Waals surface area (Å²) in [4.78, 5) is 27.4.